The predicted octanol–water partition coefficient (Wildman–Crippen LogP) is 2.56. The van der Waals surface area contributed by atoms with Crippen molar-refractivity contribution in [3.05, 3.63) is 53.4 Å². The van der Waals surface area contributed by atoms with E-state index in [1.165, 1.54) is 6.07 Å². The van der Waals surface area contributed by atoms with Gasteiger partial charge in [0.1, 0.15) is 29.6 Å². The van der Waals surface area contributed by atoms with Crippen LogP contribution in [0.1, 0.15) is 25.3 Å². The molecule has 7 nitrogen and oxygen atoms in total. The van der Waals surface area contributed by atoms with Crippen LogP contribution in [-0.4, -0.2) is 30.3 Å². The van der Waals surface area contributed by atoms with Crippen LogP contribution in [0.2, 0.25) is 0 Å². The van der Waals surface area contributed by atoms with Crippen molar-refractivity contribution in [1.29, 1.82) is 0 Å². The van der Waals surface area contributed by atoms with Gasteiger partial charge in [0.05, 0.1) is 19.6 Å². The van der Waals surface area contributed by atoms with Crippen molar-refractivity contribution in [3.8, 4) is 17.2 Å². The minimum Gasteiger partial charge on any atom is -0.497 e. The van der Waals surface area contributed by atoms with Gasteiger partial charge >= 0.3 is 7.12 Å². The lowest BCUT2D eigenvalue weighted by atomic mass is 9.80. The molecular weight excluding hydrogens is 361 g/mol. The maximum Gasteiger partial charge on any atom is 0.491 e. The number of ether oxygens (including phenoxy) is 2. The average Bonchev–Trinajstić information content (AvgIpc) is 3.06. The number of nitrogens with zero attached hydrogens (tertiary/aromatic N) is 1. The lowest BCUT2D eigenvalue weighted by Gasteiger charge is -2.11. The van der Waals surface area contributed by atoms with Gasteiger partial charge in [0.2, 0.25) is 5.69 Å². The standard InChI is InChI=1S/C20H18BNO6/c1-3-14(23)9-15(24)12-26-20-10-17(5-7-19(20)22-2)28-16-4-6-18-13(8-16)11-27-21(18)25/h4-8,10,25H,3,9,11-12H2,1H3. The van der Waals surface area contributed by atoms with E-state index in [2.05, 4.69) is 4.85 Å². The van der Waals surface area contributed by atoms with E-state index >= 15 is 0 Å². The van der Waals surface area contributed by atoms with Crippen LogP contribution in [0.15, 0.2) is 36.4 Å². The molecule has 0 amide bonds. The van der Waals surface area contributed by atoms with Gasteiger partial charge in [-0.25, -0.2) is 4.85 Å². The predicted molar refractivity (Wildman–Crippen MR) is 102 cm³/mol. The molecule has 0 bridgehead atoms. The molecule has 2 aromatic rings. The first-order valence-electron chi connectivity index (χ1n) is 8.78. The van der Waals surface area contributed by atoms with Crippen molar-refractivity contribution in [1.82, 2.24) is 0 Å². The van der Waals surface area contributed by atoms with Gasteiger partial charge in [-0.2, -0.15) is 0 Å². The fraction of sp³-hybridized carbons (Fsp3) is 0.250. The Morgan fingerprint density at radius 3 is 2.71 bits per heavy atom. The molecule has 0 saturated heterocycles. The number of fused-ring (bicyclic) bond motifs is 1. The number of ketones is 2. The molecule has 2 aromatic carbocycles. The van der Waals surface area contributed by atoms with E-state index < -0.39 is 7.12 Å². The van der Waals surface area contributed by atoms with Crippen LogP contribution in [0.25, 0.3) is 4.85 Å². The van der Waals surface area contributed by atoms with Crippen molar-refractivity contribution in [2.75, 3.05) is 6.61 Å². The van der Waals surface area contributed by atoms with Crippen molar-refractivity contribution in [2.45, 2.75) is 26.4 Å². The zero-order valence-electron chi connectivity index (χ0n) is 15.3. The molecule has 0 fully saturated rings. The van der Waals surface area contributed by atoms with E-state index in [0.29, 0.717) is 30.0 Å². The fourth-order valence-corrected chi connectivity index (χ4v) is 2.73. The first kappa shape index (κ1) is 19.6. The molecule has 0 aromatic heterocycles. The van der Waals surface area contributed by atoms with Gasteiger partial charge in [0.25, 0.3) is 0 Å². The zero-order valence-corrected chi connectivity index (χ0v) is 15.3. The number of carbonyl (C=O) groups excluding carboxylic acids is 2. The molecule has 0 atom stereocenters. The van der Waals surface area contributed by atoms with Gasteiger partial charge in [-0.1, -0.05) is 13.0 Å². The highest BCUT2D eigenvalue weighted by Gasteiger charge is 2.27. The maximum atomic E-state index is 11.8. The van der Waals surface area contributed by atoms with Crippen LogP contribution >= 0.6 is 0 Å². The van der Waals surface area contributed by atoms with Crippen LogP contribution in [0, 0.1) is 6.57 Å². The lowest BCUT2D eigenvalue weighted by Crippen LogP contribution is -2.27. The number of hydrogen-bond acceptors (Lipinski definition) is 6. The summed E-state index contributed by atoms with van der Waals surface area (Å²) in [5, 5.41) is 9.67. The van der Waals surface area contributed by atoms with Gasteiger partial charge in [0, 0.05) is 12.5 Å². The van der Waals surface area contributed by atoms with Gasteiger partial charge < -0.3 is 19.2 Å². The third-order valence-electron chi connectivity index (χ3n) is 4.24. The third-order valence-corrected chi connectivity index (χ3v) is 4.24. The SMILES string of the molecule is [C-]#[N+]c1ccc(Oc2ccc3c(c2)COB3O)cc1OCC(=O)CC(=O)CC. The van der Waals surface area contributed by atoms with Crippen LogP contribution in [-0.2, 0) is 20.9 Å². The molecule has 1 aliphatic rings. The van der Waals surface area contributed by atoms with Crippen molar-refractivity contribution >= 4 is 29.8 Å². The molecule has 0 radical (unpaired) electrons. The van der Waals surface area contributed by atoms with Gasteiger partial charge in [0.15, 0.2) is 5.78 Å². The summed E-state index contributed by atoms with van der Waals surface area (Å²) in [6.45, 7) is 8.95. The van der Waals surface area contributed by atoms with Crippen molar-refractivity contribution in [3.63, 3.8) is 0 Å². The Morgan fingerprint density at radius 2 is 1.96 bits per heavy atom. The molecule has 3 rings (SSSR count). The summed E-state index contributed by atoms with van der Waals surface area (Å²) >= 11 is 0. The molecule has 1 heterocycles. The minimum absolute atomic E-state index is 0.151. The Balaban J connectivity index is 1.71. The van der Waals surface area contributed by atoms with E-state index in [1.807, 2.05) is 0 Å². The Morgan fingerprint density at radius 1 is 1.21 bits per heavy atom. The minimum atomic E-state index is -0.917. The highest BCUT2D eigenvalue weighted by molar-refractivity contribution is 6.61. The summed E-state index contributed by atoms with van der Waals surface area (Å²) in [7, 11) is -0.917. The van der Waals surface area contributed by atoms with Crippen LogP contribution in [0.4, 0.5) is 5.69 Å². The van der Waals surface area contributed by atoms with E-state index in [4.69, 9.17) is 20.7 Å². The van der Waals surface area contributed by atoms with E-state index in [1.54, 1.807) is 37.3 Å². The van der Waals surface area contributed by atoms with E-state index in [0.717, 1.165) is 5.56 Å². The highest BCUT2D eigenvalue weighted by atomic mass is 16.5. The summed E-state index contributed by atoms with van der Waals surface area (Å²) in [6, 6.07) is 9.91. The fourth-order valence-electron chi connectivity index (χ4n) is 2.73. The first-order valence-corrected chi connectivity index (χ1v) is 8.78. The molecule has 0 saturated carbocycles. The van der Waals surface area contributed by atoms with Crippen molar-refractivity contribution in [2.24, 2.45) is 0 Å². The highest BCUT2D eigenvalue weighted by Crippen LogP contribution is 2.34. The monoisotopic (exact) mass is 379 g/mol. The molecule has 8 heteroatoms. The Labute approximate surface area is 162 Å². The van der Waals surface area contributed by atoms with Crippen LogP contribution in [0.3, 0.4) is 0 Å². The number of Topliss-reactive ketones (excluding diaryl/α,β-unsaturated/α-hetero) is 2. The number of benzene rings is 2. The molecule has 1 aliphatic heterocycles. The van der Waals surface area contributed by atoms with Crippen LogP contribution < -0.4 is 14.9 Å². The zero-order chi connectivity index (χ0) is 20.1. The first-order chi connectivity index (χ1) is 13.5. The van der Waals surface area contributed by atoms with Gasteiger partial charge in [-0.05, 0) is 35.3 Å². The topological polar surface area (TPSA) is 86.4 Å². The Bertz CT molecular complexity index is 952. The van der Waals surface area contributed by atoms with E-state index in [9.17, 15) is 14.6 Å². The molecule has 0 spiro atoms. The largest absolute Gasteiger partial charge is 0.497 e. The smallest absolute Gasteiger partial charge is 0.491 e. The lowest BCUT2D eigenvalue weighted by molar-refractivity contribution is -0.128. The second-order valence-corrected chi connectivity index (χ2v) is 6.26. The third kappa shape index (κ3) is 4.57. The van der Waals surface area contributed by atoms with E-state index in [-0.39, 0.29) is 36.0 Å². The molecule has 142 valence electrons. The quantitative estimate of drug-likeness (QED) is 0.431. The number of rotatable bonds is 8. The molecule has 0 aliphatic carbocycles. The Kier molecular flexibility index (Phi) is 6.09. The Hall–Kier alpha value is -3.15. The normalized spacial score (nSPS) is 12.2. The molecule has 0 unspecified atom stereocenters. The van der Waals surface area contributed by atoms with Crippen molar-refractivity contribution < 1.29 is 28.7 Å². The number of hydrogen-bond donors (Lipinski definition) is 1. The summed E-state index contributed by atoms with van der Waals surface area (Å²) in [5.41, 5.74) is 1.79. The molecular formula is C20H18BNO6. The average molecular weight is 379 g/mol. The summed E-state index contributed by atoms with van der Waals surface area (Å²) < 4.78 is 16.4. The molecule has 1 N–H and O–H groups in total. The van der Waals surface area contributed by atoms with Crippen LogP contribution in [0.5, 0.6) is 17.2 Å². The number of carbonyl (C=O) groups is 2. The second-order valence-electron chi connectivity index (χ2n) is 6.26. The second kappa shape index (κ2) is 8.70. The molecule has 28 heavy (non-hydrogen) atoms. The summed E-state index contributed by atoms with van der Waals surface area (Å²) in [4.78, 5) is 26.5. The van der Waals surface area contributed by atoms with Gasteiger partial charge in [-0.15, -0.1) is 0 Å². The summed E-state index contributed by atoms with van der Waals surface area (Å²) in [6.07, 6.45) is 0.119. The van der Waals surface area contributed by atoms with Gasteiger partial charge in [-0.3, -0.25) is 9.59 Å². The summed E-state index contributed by atoms with van der Waals surface area (Å²) in [5.74, 6) is 0.694. The maximum absolute atomic E-state index is 11.8.